The number of carbonyl (C=O) groups excluding carboxylic acids is 1. The summed E-state index contributed by atoms with van der Waals surface area (Å²) in [6.07, 6.45) is 0.0467. The van der Waals surface area contributed by atoms with Gasteiger partial charge in [-0.2, -0.15) is 13.2 Å². The lowest BCUT2D eigenvalue weighted by Crippen LogP contribution is -2.01. The maximum absolute atomic E-state index is 12.1. The van der Waals surface area contributed by atoms with Crippen LogP contribution in [0.5, 0.6) is 0 Å². The van der Waals surface area contributed by atoms with Crippen LogP contribution in [0.25, 0.3) is 0 Å². The molecule has 0 N–H and O–H groups in total. The molecule has 0 aliphatic carbocycles. The van der Waals surface area contributed by atoms with Gasteiger partial charge in [0.2, 0.25) is 0 Å². The molecule has 0 amide bonds. The van der Waals surface area contributed by atoms with Crippen molar-refractivity contribution in [1.29, 1.82) is 0 Å². The van der Waals surface area contributed by atoms with E-state index in [0.717, 1.165) is 0 Å². The Labute approximate surface area is 100.0 Å². The number of alkyl halides is 3. The lowest BCUT2D eigenvalue weighted by Gasteiger charge is -2.08. The summed E-state index contributed by atoms with van der Waals surface area (Å²) in [5.41, 5.74) is -3.91. The van der Waals surface area contributed by atoms with E-state index in [0.29, 0.717) is 10.6 Å². The van der Waals surface area contributed by atoms with Crippen LogP contribution in [0, 0.1) is 0 Å². The van der Waals surface area contributed by atoms with Crippen LogP contribution in [0.15, 0.2) is 23.1 Å². The fourth-order valence-corrected chi connectivity index (χ4v) is 1.94. The fraction of sp³-hybridized carbons (Fsp3) is 0.300. The highest BCUT2D eigenvalue weighted by Gasteiger charge is 2.29. The summed E-state index contributed by atoms with van der Waals surface area (Å²) in [4.78, 5) is 10.9. The minimum atomic E-state index is -4.33. The van der Waals surface area contributed by atoms with Gasteiger partial charge in [-0.1, -0.05) is 11.6 Å². The molecule has 0 unspecified atom stereocenters. The maximum atomic E-state index is 12.1. The number of hydrogen-bond donors (Lipinski definition) is 0. The highest BCUT2D eigenvalue weighted by atomic mass is 35.5. The first-order valence-corrected chi connectivity index (χ1v) is 5.51. The van der Waals surface area contributed by atoms with Crippen molar-refractivity contribution in [3.63, 3.8) is 0 Å². The van der Waals surface area contributed by atoms with Gasteiger partial charge in [0.15, 0.2) is 0 Å². The van der Waals surface area contributed by atoms with Crippen LogP contribution in [0.1, 0.15) is 12.5 Å². The van der Waals surface area contributed by atoms with Crippen molar-refractivity contribution in [2.24, 2.45) is 0 Å². The first-order valence-electron chi connectivity index (χ1n) is 4.31. The number of Topliss-reactive ketones (excluding diaryl/α,β-unsaturated/α-hetero) is 1. The van der Waals surface area contributed by atoms with Gasteiger partial charge in [0.1, 0.15) is 5.78 Å². The molecule has 0 aliphatic rings. The number of rotatable bonds is 3. The predicted molar refractivity (Wildman–Crippen MR) is 57.7 cm³/mol. The summed E-state index contributed by atoms with van der Waals surface area (Å²) in [7, 11) is 0. The Kier molecular flexibility index (Phi) is 4.27. The van der Waals surface area contributed by atoms with Gasteiger partial charge in [-0.3, -0.25) is 4.79 Å². The van der Waals surface area contributed by atoms with Gasteiger partial charge in [0, 0.05) is 16.3 Å². The van der Waals surface area contributed by atoms with E-state index in [1.54, 1.807) is 0 Å². The minimum Gasteiger partial charge on any atom is -0.300 e. The van der Waals surface area contributed by atoms with Crippen LogP contribution in [0.2, 0.25) is 5.02 Å². The highest BCUT2D eigenvalue weighted by Crippen LogP contribution is 2.38. The molecular weight excluding hydrogens is 261 g/mol. The third kappa shape index (κ3) is 4.45. The zero-order valence-electron chi connectivity index (χ0n) is 8.27. The highest BCUT2D eigenvalue weighted by molar-refractivity contribution is 8.00. The largest absolute Gasteiger partial charge is 0.446 e. The molecule has 0 saturated heterocycles. The summed E-state index contributed by atoms with van der Waals surface area (Å²) in [5, 5.41) is 0.307. The molecule has 0 fully saturated rings. The molecule has 6 heteroatoms. The number of halogens is 4. The molecule has 0 saturated carbocycles. The number of thioether (sulfide) groups is 1. The Hall–Kier alpha value is -0.680. The van der Waals surface area contributed by atoms with Crippen LogP contribution < -0.4 is 0 Å². The molecule has 0 spiro atoms. The molecule has 0 heterocycles. The quantitative estimate of drug-likeness (QED) is 0.768. The second-order valence-corrected chi connectivity index (χ2v) is 4.73. The van der Waals surface area contributed by atoms with E-state index in [1.807, 2.05) is 0 Å². The van der Waals surface area contributed by atoms with E-state index >= 15 is 0 Å². The van der Waals surface area contributed by atoms with E-state index in [1.165, 1.54) is 25.1 Å². The smallest absolute Gasteiger partial charge is 0.300 e. The van der Waals surface area contributed by atoms with Crippen LogP contribution in [-0.2, 0) is 11.2 Å². The zero-order chi connectivity index (χ0) is 12.3. The third-order valence-corrected chi connectivity index (χ3v) is 2.78. The number of ketones is 1. The molecule has 88 valence electrons. The van der Waals surface area contributed by atoms with Gasteiger partial charge < -0.3 is 0 Å². The lowest BCUT2D eigenvalue weighted by molar-refractivity contribution is -0.116. The van der Waals surface area contributed by atoms with Crippen LogP contribution in [0.3, 0.4) is 0 Å². The van der Waals surface area contributed by atoms with Crippen molar-refractivity contribution in [1.82, 2.24) is 0 Å². The van der Waals surface area contributed by atoms with Gasteiger partial charge in [-0.15, -0.1) is 0 Å². The molecule has 1 aromatic rings. The first kappa shape index (κ1) is 13.4. The molecule has 1 aromatic carbocycles. The van der Waals surface area contributed by atoms with Gasteiger partial charge in [-0.05, 0) is 42.4 Å². The minimum absolute atomic E-state index is 0.0353. The van der Waals surface area contributed by atoms with E-state index in [-0.39, 0.29) is 28.9 Å². The summed E-state index contributed by atoms with van der Waals surface area (Å²) in [6, 6.07) is 3.94. The Balaban J connectivity index is 2.93. The zero-order valence-corrected chi connectivity index (χ0v) is 9.84. The van der Waals surface area contributed by atoms with E-state index in [4.69, 9.17) is 11.6 Å². The normalized spacial score (nSPS) is 11.6. The average molecular weight is 269 g/mol. The SMILES string of the molecule is CC(=O)Cc1cc(SC(F)(F)F)ccc1Cl. The average Bonchev–Trinajstić information content (AvgIpc) is 2.07. The third-order valence-electron chi connectivity index (χ3n) is 1.69. The number of carbonyl (C=O) groups is 1. The fourth-order valence-electron chi connectivity index (χ4n) is 1.15. The van der Waals surface area contributed by atoms with Crippen LogP contribution >= 0.6 is 23.4 Å². The summed E-state index contributed by atoms with van der Waals surface area (Å²) in [5.74, 6) is -0.143. The van der Waals surface area contributed by atoms with Crippen LogP contribution in [-0.4, -0.2) is 11.3 Å². The van der Waals surface area contributed by atoms with Crippen molar-refractivity contribution in [2.45, 2.75) is 23.7 Å². The van der Waals surface area contributed by atoms with Gasteiger partial charge in [0.25, 0.3) is 0 Å². The van der Waals surface area contributed by atoms with E-state index < -0.39 is 5.51 Å². The van der Waals surface area contributed by atoms with E-state index in [2.05, 4.69) is 0 Å². The van der Waals surface area contributed by atoms with Gasteiger partial charge >= 0.3 is 5.51 Å². The molecule has 1 rings (SSSR count). The molecule has 0 aliphatic heterocycles. The van der Waals surface area contributed by atoms with Crippen molar-refractivity contribution in [3.05, 3.63) is 28.8 Å². The summed E-state index contributed by atoms with van der Waals surface area (Å²) < 4.78 is 36.3. The van der Waals surface area contributed by atoms with Gasteiger partial charge in [-0.25, -0.2) is 0 Å². The van der Waals surface area contributed by atoms with Crippen LogP contribution in [0.4, 0.5) is 13.2 Å². The summed E-state index contributed by atoms with van der Waals surface area (Å²) in [6.45, 7) is 1.36. The maximum Gasteiger partial charge on any atom is 0.446 e. The Morgan fingerprint density at radius 3 is 2.56 bits per heavy atom. The molecule has 16 heavy (non-hydrogen) atoms. The molecule has 0 aromatic heterocycles. The molecule has 0 bridgehead atoms. The number of benzene rings is 1. The van der Waals surface area contributed by atoms with E-state index in [9.17, 15) is 18.0 Å². The van der Waals surface area contributed by atoms with Crippen molar-refractivity contribution < 1.29 is 18.0 Å². The van der Waals surface area contributed by atoms with Crippen molar-refractivity contribution in [2.75, 3.05) is 0 Å². The lowest BCUT2D eigenvalue weighted by atomic mass is 10.1. The molecule has 0 atom stereocenters. The Morgan fingerprint density at radius 2 is 2.06 bits per heavy atom. The molecule has 0 radical (unpaired) electrons. The first-order chi connectivity index (χ1) is 7.28. The molecule has 1 nitrogen and oxygen atoms in total. The Morgan fingerprint density at radius 1 is 1.44 bits per heavy atom. The second-order valence-electron chi connectivity index (χ2n) is 3.18. The Bertz CT molecular complexity index is 404. The second kappa shape index (κ2) is 5.10. The number of hydrogen-bond acceptors (Lipinski definition) is 2. The predicted octanol–water partition coefficient (Wildman–Crippen LogP) is 4.08. The topological polar surface area (TPSA) is 17.1 Å². The van der Waals surface area contributed by atoms with Crippen molar-refractivity contribution in [3.8, 4) is 0 Å². The van der Waals surface area contributed by atoms with Crippen molar-refractivity contribution >= 4 is 29.1 Å². The molecular formula is C10H8ClF3OS. The van der Waals surface area contributed by atoms with Gasteiger partial charge in [0.05, 0.1) is 0 Å². The monoisotopic (exact) mass is 268 g/mol. The summed E-state index contributed by atoms with van der Waals surface area (Å²) >= 11 is 5.55. The standard InChI is InChI=1S/C10H8ClF3OS/c1-6(15)4-7-5-8(2-3-9(7)11)16-10(12,13)14/h2-3,5H,4H2,1H3.